The summed E-state index contributed by atoms with van der Waals surface area (Å²) in [6.07, 6.45) is 0. The Bertz CT molecular complexity index is 607. The lowest BCUT2D eigenvalue weighted by Crippen LogP contribution is -2.27. The molecule has 1 atom stereocenters. The lowest BCUT2D eigenvalue weighted by atomic mass is 10.1. The molecule has 2 N–H and O–H groups in total. The second kappa shape index (κ2) is 4.86. The standard InChI is InChI=1S/C16H16N2O/c1-11-7-8-14-13(9-11)15(16(19)18-14)17-10-12-5-3-2-4-6-12/h2-9,15,17H,10H2,1H3,(H,18,19). The van der Waals surface area contributed by atoms with Crippen molar-refractivity contribution in [2.75, 3.05) is 5.32 Å². The van der Waals surface area contributed by atoms with Crippen molar-refractivity contribution in [2.24, 2.45) is 0 Å². The highest BCUT2D eigenvalue weighted by Crippen LogP contribution is 2.31. The van der Waals surface area contributed by atoms with Gasteiger partial charge < -0.3 is 5.32 Å². The van der Waals surface area contributed by atoms with E-state index < -0.39 is 0 Å². The van der Waals surface area contributed by atoms with Crippen molar-refractivity contribution in [1.82, 2.24) is 5.32 Å². The molecule has 1 unspecified atom stereocenters. The fourth-order valence-corrected chi connectivity index (χ4v) is 2.40. The number of carbonyl (C=O) groups is 1. The Morgan fingerprint density at radius 3 is 2.74 bits per heavy atom. The van der Waals surface area contributed by atoms with Gasteiger partial charge in [0, 0.05) is 17.8 Å². The second-order valence-electron chi connectivity index (χ2n) is 4.88. The van der Waals surface area contributed by atoms with Crippen molar-refractivity contribution in [3.63, 3.8) is 0 Å². The first-order valence-electron chi connectivity index (χ1n) is 6.43. The van der Waals surface area contributed by atoms with E-state index in [2.05, 4.69) is 28.8 Å². The smallest absolute Gasteiger partial charge is 0.246 e. The molecule has 1 aliphatic rings. The first-order valence-corrected chi connectivity index (χ1v) is 6.43. The molecule has 0 saturated carbocycles. The van der Waals surface area contributed by atoms with Gasteiger partial charge in [0.15, 0.2) is 0 Å². The molecule has 3 rings (SSSR count). The maximum absolute atomic E-state index is 12.0. The molecule has 0 bridgehead atoms. The number of amides is 1. The lowest BCUT2D eigenvalue weighted by Gasteiger charge is -2.11. The second-order valence-corrected chi connectivity index (χ2v) is 4.88. The Morgan fingerprint density at radius 1 is 1.16 bits per heavy atom. The number of rotatable bonds is 3. The van der Waals surface area contributed by atoms with Crippen LogP contribution in [0.3, 0.4) is 0 Å². The third kappa shape index (κ3) is 2.37. The van der Waals surface area contributed by atoms with Crippen molar-refractivity contribution in [3.8, 4) is 0 Å². The molecule has 0 saturated heterocycles. The molecular formula is C16H16N2O. The average Bonchev–Trinajstić information content (AvgIpc) is 2.73. The third-order valence-corrected chi connectivity index (χ3v) is 3.39. The minimum atomic E-state index is -0.255. The monoisotopic (exact) mass is 252 g/mol. The average molecular weight is 252 g/mol. The molecular weight excluding hydrogens is 236 g/mol. The fraction of sp³-hybridized carbons (Fsp3) is 0.188. The molecule has 1 aliphatic heterocycles. The van der Waals surface area contributed by atoms with Crippen LogP contribution < -0.4 is 10.6 Å². The third-order valence-electron chi connectivity index (χ3n) is 3.39. The lowest BCUT2D eigenvalue weighted by molar-refractivity contribution is -0.117. The largest absolute Gasteiger partial charge is 0.324 e. The zero-order valence-electron chi connectivity index (χ0n) is 10.8. The van der Waals surface area contributed by atoms with E-state index in [1.807, 2.05) is 37.3 Å². The molecule has 2 aromatic carbocycles. The van der Waals surface area contributed by atoms with Gasteiger partial charge in [0.05, 0.1) is 0 Å². The maximum atomic E-state index is 12.0. The summed E-state index contributed by atoms with van der Waals surface area (Å²) in [4.78, 5) is 12.0. The van der Waals surface area contributed by atoms with E-state index >= 15 is 0 Å². The number of nitrogens with one attached hydrogen (secondary N) is 2. The first kappa shape index (κ1) is 11.9. The van der Waals surface area contributed by atoms with E-state index in [1.165, 1.54) is 11.1 Å². The molecule has 1 amide bonds. The summed E-state index contributed by atoms with van der Waals surface area (Å²) in [7, 11) is 0. The van der Waals surface area contributed by atoms with Crippen LogP contribution in [0.4, 0.5) is 5.69 Å². The van der Waals surface area contributed by atoms with Crippen LogP contribution in [0.1, 0.15) is 22.7 Å². The quantitative estimate of drug-likeness (QED) is 0.882. The van der Waals surface area contributed by atoms with Crippen molar-refractivity contribution in [1.29, 1.82) is 0 Å². The highest BCUT2D eigenvalue weighted by atomic mass is 16.2. The van der Waals surface area contributed by atoms with Crippen LogP contribution in [0.25, 0.3) is 0 Å². The van der Waals surface area contributed by atoms with Crippen LogP contribution in [0.5, 0.6) is 0 Å². The van der Waals surface area contributed by atoms with Gasteiger partial charge >= 0.3 is 0 Å². The van der Waals surface area contributed by atoms with Gasteiger partial charge in [-0.25, -0.2) is 0 Å². The molecule has 0 fully saturated rings. The number of benzene rings is 2. The van der Waals surface area contributed by atoms with Gasteiger partial charge in [0.1, 0.15) is 6.04 Å². The van der Waals surface area contributed by atoms with Crippen LogP contribution in [0.2, 0.25) is 0 Å². The van der Waals surface area contributed by atoms with E-state index in [4.69, 9.17) is 0 Å². The molecule has 0 spiro atoms. The number of carbonyl (C=O) groups excluding carboxylic acids is 1. The van der Waals surface area contributed by atoms with Gasteiger partial charge in [-0.15, -0.1) is 0 Å². The van der Waals surface area contributed by atoms with Gasteiger partial charge in [0.2, 0.25) is 5.91 Å². The minimum Gasteiger partial charge on any atom is -0.324 e. The van der Waals surface area contributed by atoms with Crippen molar-refractivity contribution >= 4 is 11.6 Å². The molecule has 19 heavy (non-hydrogen) atoms. The van der Waals surface area contributed by atoms with E-state index in [9.17, 15) is 4.79 Å². The van der Waals surface area contributed by atoms with Crippen LogP contribution >= 0.6 is 0 Å². The number of anilines is 1. The molecule has 3 heteroatoms. The van der Waals surface area contributed by atoms with E-state index in [0.29, 0.717) is 6.54 Å². The number of fused-ring (bicyclic) bond motifs is 1. The van der Waals surface area contributed by atoms with Gasteiger partial charge in [-0.1, -0.05) is 48.0 Å². The number of hydrogen-bond donors (Lipinski definition) is 2. The summed E-state index contributed by atoms with van der Waals surface area (Å²) < 4.78 is 0. The summed E-state index contributed by atoms with van der Waals surface area (Å²) >= 11 is 0. The summed E-state index contributed by atoms with van der Waals surface area (Å²) in [5.41, 5.74) is 4.31. The normalized spacial score (nSPS) is 17.1. The van der Waals surface area contributed by atoms with Crippen molar-refractivity contribution in [2.45, 2.75) is 19.5 Å². The van der Waals surface area contributed by atoms with Gasteiger partial charge in [-0.2, -0.15) is 0 Å². The molecule has 0 aliphatic carbocycles. The summed E-state index contributed by atoms with van der Waals surface area (Å²) in [5.74, 6) is 0.0246. The Labute approximate surface area is 112 Å². The number of hydrogen-bond acceptors (Lipinski definition) is 2. The van der Waals surface area contributed by atoms with Gasteiger partial charge in [-0.05, 0) is 18.6 Å². The van der Waals surface area contributed by atoms with Crippen LogP contribution in [0, 0.1) is 6.92 Å². The van der Waals surface area contributed by atoms with Crippen molar-refractivity contribution < 1.29 is 4.79 Å². The van der Waals surface area contributed by atoms with Crippen LogP contribution in [0.15, 0.2) is 48.5 Å². The minimum absolute atomic E-state index is 0.0246. The van der Waals surface area contributed by atoms with E-state index in [0.717, 1.165) is 11.3 Å². The van der Waals surface area contributed by atoms with Crippen LogP contribution in [-0.2, 0) is 11.3 Å². The van der Waals surface area contributed by atoms with Crippen LogP contribution in [-0.4, -0.2) is 5.91 Å². The number of aryl methyl sites for hydroxylation is 1. The molecule has 0 aromatic heterocycles. The summed E-state index contributed by atoms with van der Waals surface area (Å²) in [6, 6.07) is 15.9. The van der Waals surface area contributed by atoms with Gasteiger partial charge in [-0.3, -0.25) is 10.1 Å². The Balaban J connectivity index is 1.79. The Hall–Kier alpha value is -2.13. The van der Waals surface area contributed by atoms with Gasteiger partial charge in [0.25, 0.3) is 0 Å². The molecule has 2 aromatic rings. The molecule has 1 heterocycles. The zero-order valence-corrected chi connectivity index (χ0v) is 10.8. The predicted octanol–water partition coefficient (Wildman–Crippen LogP) is 2.78. The van der Waals surface area contributed by atoms with E-state index in [1.54, 1.807) is 0 Å². The topological polar surface area (TPSA) is 41.1 Å². The Morgan fingerprint density at radius 2 is 1.95 bits per heavy atom. The summed E-state index contributed by atoms with van der Waals surface area (Å²) in [5, 5.41) is 6.23. The molecule has 3 nitrogen and oxygen atoms in total. The highest BCUT2D eigenvalue weighted by Gasteiger charge is 2.29. The summed E-state index contributed by atoms with van der Waals surface area (Å²) in [6.45, 7) is 2.73. The predicted molar refractivity (Wildman–Crippen MR) is 75.8 cm³/mol. The first-order chi connectivity index (χ1) is 9.24. The Kier molecular flexibility index (Phi) is 3.05. The molecule has 0 radical (unpaired) electrons. The highest BCUT2D eigenvalue weighted by molar-refractivity contribution is 6.02. The SMILES string of the molecule is Cc1ccc2c(c1)C(NCc1ccccc1)C(=O)N2. The fourth-order valence-electron chi connectivity index (χ4n) is 2.40. The van der Waals surface area contributed by atoms with Crippen molar-refractivity contribution in [3.05, 3.63) is 65.2 Å². The molecule has 96 valence electrons. The van der Waals surface area contributed by atoms with E-state index in [-0.39, 0.29) is 11.9 Å². The zero-order chi connectivity index (χ0) is 13.2. The maximum Gasteiger partial charge on any atom is 0.246 e.